The highest BCUT2D eigenvalue weighted by Gasteiger charge is 2.16. The van der Waals surface area contributed by atoms with Crippen molar-refractivity contribution in [1.82, 2.24) is 19.5 Å². The van der Waals surface area contributed by atoms with Gasteiger partial charge in [-0.15, -0.1) is 0 Å². The molecule has 0 amide bonds. The van der Waals surface area contributed by atoms with Gasteiger partial charge in [-0.25, -0.2) is 10.1 Å². The van der Waals surface area contributed by atoms with Gasteiger partial charge in [-0.1, -0.05) is 57.4 Å². The molecule has 10 nitrogen and oxygen atoms in total. The lowest BCUT2D eigenvalue weighted by molar-refractivity contribution is 0.302. The molecule has 2 aromatic heterocycles. The van der Waals surface area contributed by atoms with Crippen molar-refractivity contribution in [2.75, 3.05) is 23.8 Å². The number of anilines is 2. The van der Waals surface area contributed by atoms with Crippen molar-refractivity contribution in [3.63, 3.8) is 0 Å². The maximum absolute atomic E-state index is 11.1. The Hall–Kier alpha value is -2.76. The second kappa shape index (κ2) is 11.3. The van der Waals surface area contributed by atoms with Crippen LogP contribution in [0.5, 0.6) is 0 Å². The summed E-state index contributed by atoms with van der Waals surface area (Å²) in [6, 6.07) is 8.82. The Bertz CT molecular complexity index is 1220. The zero-order chi connectivity index (χ0) is 24.8. The quantitative estimate of drug-likeness (QED) is 0.361. The molecule has 0 spiro atoms. The molecule has 0 radical (unpaired) electrons. The first-order valence-electron chi connectivity index (χ1n) is 12.2. The number of hydrogen-bond acceptors (Lipinski definition) is 8. The van der Waals surface area contributed by atoms with Gasteiger partial charge in [0.15, 0.2) is 17.0 Å². The van der Waals surface area contributed by atoms with Gasteiger partial charge in [0.05, 0.1) is 19.5 Å². The Balaban J connectivity index is 1.49. The van der Waals surface area contributed by atoms with Gasteiger partial charge in [-0.05, 0) is 35.8 Å². The molecule has 0 atom stereocenters. The summed E-state index contributed by atoms with van der Waals surface area (Å²) in [5, 5.41) is 11.6. The second-order valence-electron chi connectivity index (χ2n) is 9.53. The molecular weight excluding hydrogens is 466 g/mol. The van der Waals surface area contributed by atoms with E-state index in [2.05, 4.69) is 67.9 Å². The van der Waals surface area contributed by atoms with E-state index in [-0.39, 0.29) is 13.2 Å². The van der Waals surface area contributed by atoms with Crippen molar-refractivity contribution in [3.05, 3.63) is 41.7 Å². The summed E-state index contributed by atoms with van der Waals surface area (Å²) < 4.78 is 28.6. The van der Waals surface area contributed by atoms with Crippen molar-refractivity contribution in [2.24, 2.45) is 11.1 Å². The van der Waals surface area contributed by atoms with Crippen LogP contribution >= 0.6 is 0 Å². The van der Waals surface area contributed by atoms with Gasteiger partial charge in [-0.3, -0.25) is 4.18 Å². The van der Waals surface area contributed by atoms with Crippen LogP contribution in [0, 0.1) is 5.92 Å². The van der Waals surface area contributed by atoms with Crippen molar-refractivity contribution >= 4 is 33.2 Å². The average molecular weight is 502 g/mol. The molecule has 11 heteroatoms. The predicted molar refractivity (Wildman–Crippen MR) is 137 cm³/mol. The monoisotopic (exact) mass is 501 g/mol. The van der Waals surface area contributed by atoms with E-state index in [4.69, 9.17) is 5.14 Å². The largest absolute Gasteiger partial charge is 0.368 e. The number of aromatic nitrogens is 4. The van der Waals surface area contributed by atoms with Gasteiger partial charge in [0, 0.05) is 13.1 Å². The highest BCUT2D eigenvalue weighted by molar-refractivity contribution is 7.84. The lowest BCUT2D eigenvalue weighted by Crippen LogP contribution is -2.18. The van der Waals surface area contributed by atoms with Gasteiger partial charge in [0.1, 0.15) is 0 Å². The Labute approximate surface area is 207 Å². The molecule has 4 N–H and O–H groups in total. The van der Waals surface area contributed by atoms with Crippen LogP contribution in [0.3, 0.4) is 0 Å². The van der Waals surface area contributed by atoms with Gasteiger partial charge in [0.25, 0.3) is 0 Å². The Morgan fingerprint density at radius 1 is 1.11 bits per heavy atom. The molecule has 190 valence electrons. The first kappa shape index (κ1) is 25.3. The Kier molecular flexibility index (Phi) is 8.19. The average Bonchev–Trinajstić information content (AvgIpc) is 3.24. The van der Waals surface area contributed by atoms with Crippen LogP contribution in [0.25, 0.3) is 11.2 Å². The molecule has 0 bridgehead atoms. The third-order valence-corrected chi connectivity index (χ3v) is 6.72. The summed E-state index contributed by atoms with van der Waals surface area (Å²) in [5.41, 5.74) is 3.78. The number of nitrogens with two attached hydrogens (primary N) is 1. The van der Waals surface area contributed by atoms with Crippen LogP contribution in [-0.2, 0) is 27.6 Å². The second-order valence-corrected chi connectivity index (χ2v) is 10.7. The first-order valence-corrected chi connectivity index (χ1v) is 13.7. The van der Waals surface area contributed by atoms with Crippen LogP contribution in [0.2, 0.25) is 0 Å². The highest BCUT2D eigenvalue weighted by atomic mass is 32.2. The SMILES string of the molecule is CC(C)CNc1nc(NCc2ccc(C3CCCCC3)cc2)nc2c1ncn2CCOS(N)(=O)=O. The molecule has 4 rings (SSSR count). The number of nitrogens with zero attached hydrogens (tertiary/aromatic N) is 4. The smallest absolute Gasteiger partial charge is 0.333 e. The molecule has 0 saturated heterocycles. The summed E-state index contributed by atoms with van der Waals surface area (Å²) in [6.07, 6.45) is 8.17. The number of imidazole rings is 1. The molecule has 2 heterocycles. The van der Waals surface area contributed by atoms with Crippen LogP contribution in [0.4, 0.5) is 11.8 Å². The minimum Gasteiger partial charge on any atom is -0.368 e. The Morgan fingerprint density at radius 2 is 1.86 bits per heavy atom. The van der Waals surface area contributed by atoms with E-state index in [1.165, 1.54) is 37.7 Å². The number of fused-ring (bicyclic) bond motifs is 1. The lowest BCUT2D eigenvalue weighted by Gasteiger charge is -2.22. The van der Waals surface area contributed by atoms with E-state index in [9.17, 15) is 8.42 Å². The molecular formula is C24H35N7O3S. The molecule has 3 aromatic rings. The van der Waals surface area contributed by atoms with E-state index in [0.29, 0.717) is 41.3 Å². The van der Waals surface area contributed by atoms with Gasteiger partial charge in [0.2, 0.25) is 5.95 Å². The number of benzene rings is 1. The van der Waals surface area contributed by atoms with Gasteiger partial charge >= 0.3 is 10.3 Å². The standard InChI is InChI=1S/C24H35N7O3S/c1-17(2)14-26-22-21-23(31(16-28-21)12-13-34-35(25,32)33)30-24(29-22)27-15-18-8-10-20(11-9-18)19-6-4-3-5-7-19/h8-11,16-17,19H,3-7,12-15H2,1-2H3,(H2,25,32,33)(H2,26,27,29,30). The maximum atomic E-state index is 11.1. The fourth-order valence-corrected chi connectivity index (χ4v) is 4.69. The molecule has 1 saturated carbocycles. The van der Waals surface area contributed by atoms with Crippen LogP contribution in [-0.4, -0.2) is 41.1 Å². The van der Waals surface area contributed by atoms with E-state index in [1.54, 1.807) is 10.9 Å². The fourth-order valence-electron chi connectivity index (χ4n) is 4.39. The van der Waals surface area contributed by atoms with E-state index < -0.39 is 10.3 Å². The molecule has 1 aliphatic rings. The third-order valence-electron chi connectivity index (χ3n) is 6.23. The van der Waals surface area contributed by atoms with Crippen LogP contribution in [0.1, 0.15) is 63.0 Å². The summed E-state index contributed by atoms with van der Waals surface area (Å²) in [7, 11) is -4.01. The molecule has 0 unspecified atom stereocenters. The molecule has 0 aliphatic heterocycles. The summed E-state index contributed by atoms with van der Waals surface area (Å²) in [5.74, 6) is 2.20. The number of nitrogens with one attached hydrogen (secondary N) is 2. The van der Waals surface area contributed by atoms with E-state index in [0.717, 1.165) is 12.1 Å². The van der Waals surface area contributed by atoms with Crippen molar-refractivity contribution in [2.45, 2.75) is 65.0 Å². The molecule has 35 heavy (non-hydrogen) atoms. The van der Waals surface area contributed by atoms with Crippen LogP contribution in [0.15, 0.2) is 30.6 Å². The fraction of sp³-hybridized carbons (Fsp3) is 0.542. The minimum absolute atomic E-state index is 0.112. The summed E-state index contributed by atoms with van der Waals surface area (Å²) in [4.78, 5) is 13.7. The summed E-state index contributed by atoms with van der Waals surface area (Å²) >= 11 is 0. The molecule has 1 fully saturated rings. The number of hydrogen-bond donors (Lipinski definition) is 3. The molecule has 1 aliphatic carbocycles. The van der Waals surface area contributed by atoms with Gasteiger partial charge < -0.3 is 15.2 Å². The lowest BCUT2D eigenvalue weighted by atomic mass is 9.84. The van der Waals surface area contributed by atoms with Crippen molar-refractivity contribution in [3.8, 4) is 0 Å². The zero-order valence-corrected chi connectivity index (χ0v) is 21.2. The number of rotatable bonds is 11. The highest BCUT2D eigenvalue weighted by Crippen LogP contribution is 2.32. The first-order chi connectivity index (χ1) is 16.8. The topological polar surface area (TPSA) is 137 Å². The van der Waals surface area contributed by atoms with E-state index >= 15 is 0 Å². The predicted octanol–water partition coefficient (Wildman–Crippen LogP) is 3.77. The minimum atomic E-state index is -4.01. The normalized spacial score (nSPS) is 15.1. The molecule has 1 aromatic carbocycles. The third kappa shape index (κ3) is 7.12. The van der Waals surface area contributed by atoms with E-state index in [1.807, 2.05) is 0 Å². The van der Waals surface area contributed by atoms with Crippen molar-refractivity contribution in [1.29, 1.82) is 0 Å². The van der Waals surface area contributed by atoms with Crippen LogP contribution < -0.4 is 15.8 Å². The summed E-state index contributed by atoms with van der Waals surface area (Å²) in [6.45, 7) is 5.67. The van der Waals surface area contributed by atoms with Gasteiger partial charge in [-0.2, -0.15) is 18.4 Å². The Morgan fingerprint density at radius 3 is 2.54 bits per heavy atom. The van der Waals surface area contributed by atoms with Crippen molar-refractivity contribution < 1.29 is 12.6 Å². The zero-order valence-electron chi connectivity index (χ0n) is 20.4. The maximum Gasteiger partial charge on any atom is 0.333 e.